The molecule has 0 fully saturated rings. The van der Waals surface area contributed by atoms with Crippen molar-refractivity contribution in [2.24, 2.45) is 0 Å². The average molecular weight is 257 g/mol. The van der Waals surface area contributed by atoms with Crippen LogP contribution in [0.15, 0.2) is 45.6 Å². The highest BCUT2D eigenvalue weighted by molar-refractivity contribution is 5.95. The first-order chi connectivity index (χ1) is 9.17. The Morgan fingerprint density at radius 1 is 1.26 bits per heavy atom. The van der Waals surface area contributed by atoms with Gasteiger partial charge in [0.25, 0.3) is 5.91 Å². The summed E-state index contributed by atoms with van der Waals surface area (Å²) in [6.45, 7) is 1.85. The van der Waals surface area contributed by atoms with E-state index in [0.29, 0.717) is 17.9 Å². The number of hydrogen-bond donors (Lipinski definition) is 1. The number of amides is 1. The lowest BCUT2D eigenvalue weighted by Gasteiger charge is -2.08. The summed E-state index contributed by atoms with van der Waals surface area (Å²) in [7, 11) is 1.49. The van der Waals surface area contributed by atoms with Gasteiger partial charge >= 0.3 is 0 Å². The Kier molecular flexibility index (Phi) is 3.80. The Hall–Kier alpha value is -2.36. The molecule has 0 saturated heterocycles. The Morgan fingerprint density at radius 2 is 1.95 bits per heavy atom. The van der Waals surface area contributed by atoms with Gasteiger partial charge in [0, 0.05) is 25.1 Å². The summed E-state index contributed by atoms with van der Waals surface area (Å²) in [5.41, 5.74) is 0.587. The second-order valence-corrected chi connectivity index (χ2v) is 4.07. The predicted octanol–water partition coefficient (Wildman–Crippen LogP) is 2.23. The molecule has 0 aliphatic rings. The van der Waals surface area contributed by atoms with E-state index in [4.69, 9.17) is 4.42 Å². The van der Waals surface area contributed by atoms with Crippen LogP contribution in [0, 0.1) is 0 Å². The summed E-state index contributed by atoms with van der Waals surface area (Å²) < 4.78 is 5.69. The van der Waals surface area contributed by atoms with Gasteiger partial charge in [-0.2, -0.15) is 0 Å². The van der Waals surface area contributed by atoms with E-state index in [1.165, 1.54) is 13.1 Å². The smallest absolute Gasteiger partial charge is 0.258 e. The standard InChI is InChI=1S/C15H15NO3/c1-3-12-14(15(18)16-2)11(17)9-13(19-12)10-7-5-4-6-8-10/h4-9H,3H2,1-2H3,(H,16,18). The minimum Gasteiger partial charge on any atom is -0.460 e. The molecule has 0 saturated carbocycles. The highest BCUT2D eigenvalue weighted by Crippen LogP contribution is 2.20. The highest BCUT2D eigenvalue weighted by Gasteiger charge is 2.17. The molecule has 4 nitrogen and oxygen atoms in total. The zero-order valence-electron chi connectivity index (χ0n) is 10.9. The van der Waals surface area contributed by atoms with Gasteiger partial charge in [0.05, 0.1) is 0 Å². The lowest BCUT2D eigenvalue weighted by Crippen LogP contribution is -2.27. The largest absolute Gasteiger partial charge is 0.460 e. The van der Waals surface area contributed by atoms with Crippen LogP contribution in [0.1, 0.15) is 23.0 Å². The lowest BCUT2D eigenvalue weighted by atomic mass is 10.1. The van der Waals surface area contributed by atoms with E-state index in [0.717, 1.165) is 5.56 Å². The third-order valence-corrected chi connectivity index (χ3v) is 2.85. The second-order valence-electron chi connectivity index (χ2n) is 4.07. The second kappa shape index (κ2) is 5.52. The van der Waals surface area contributed by atoms with Gasteiger partial charge in [-0.15, -0.1) is 0 Å². The number of carbonyl (C=O) groups excluding carboxylic acids is 1. The molecule has 0 aliphatic heterocycles. The molecule has 1 amide bonds. The first kappa shape index (κ1) is 13.1. The number of carbonyl (C=O) groups is 1. The predicted molar refractivity (Wildman–Crippen MR) is 73.2 cm³/mol. The third kappa shape index (κ3) is 2.57. The average Bonchev–Trinajstić information content (AvgIpc) is 2.46. The van der Waals surface area contributed by atoms with Gasteiger partial charge in [0.15, 0.2) is 5.43 Å². The molecular weight excluding hydrogens is 242 g/mol. The van der Waals surface area contributed by atoms with Crippen molar-refractivity contribution >= 4 is 5.91 Å². The fourth-order valence-corrected chi connectivity index (χ4v) is 1.90. The summed E-state index contributed by atoms with van der Waals surface area (Å²) in [5.74, 6) is 0.478. The van der Waals surface area contributed by atoms with Gasteiger partial charge in [0.1, 0.15) is 17.1 Å². The molecule has 0 unspecified atom stereocenters. The fourth-order valence-electron chi connectivity index (χ4n) is 1.90. The van der Waals surface area contributed by atoms with Crippen molar-refractivity contribution in [3.05, 3.63) is 57.9 Å². The summed E-state index contributed by atoms with van der Waals surface area (Å²) >= 11 is 0. The van der Waals surface area contributed by atoms with Gasteiger partial charge in [0.2, 0.25) is 0 Å². The van der Waals surface area contributed by atoms with Gasteiger partial charge in [-0.3, -0.25) is 9.59 Å². The molecule has 0 spiro atoms. The molecule has 1 N–H and O–H groups in total. The van der Waals surface area contributed by atoms with Crippen LogP contribution in [-0.2, 0) is 6.42 Å². The zero-order chi connectivity index (χ0) is 13.8. The number of nitrogens with one attached hydrogen (secondary N) is 1. The van der Waals surface area contributed by atoms with Crippen LogP contribution in [0.3, 0.4) is 0 Å². The Balaban J connectivity index is 2.61. The SMILES string of the molecule is CCc1oc(-c2ccccc2)cc(=O)c1C(=O)NC. The number of aryl methyl sites for hydroxylation is 1. The Morgan fingerprint density at radius 3 is 2.53 bits per heavy atom. The van der Waals surface area contributed by atoms with Crippen LogP contribution < -0.4 is 10.7 Å². The summed E-state index contributed by atoms with van der Waals surface area (Å²) in [6, 6.07) is 10.7. The quantitative estimate of drug-likeness (QED) is 0.917. The topological polar surface area (TPSA) is 59.3 Å². The third-order valence-electron chi connectivity index (χ3n) is 2.85. The molecule has 4 heteroatoms. The summed E-state index contributed by atoms with van der Waals surface area (Å²) in [6.07, 6.45) is 0.485. The summed E-state index contributed by atoms with van der Waals surface area (Å²) in [4.78, 5) is 23.8. The van der Waals surface area contributed by atoms with E-state index in [2.05, 4.69) is 5.32 Å². The van der Waals surface area contributed by atoms with Gasteiger partial charge < -0.3 is 9.73 Å². The maximum Gasteiger partial charge on any atom is 0.258 e. The molecule has 0 radical (unpaired) electrons. The highest BCUT2D eigenvalue weighted by atomic mass is 16.3. The van der Waals surface area contributed by atoms with Crippen LogP contribution in [0.2, 0.25) is 0 Å². The van der Waals surface area contributed by atoms with E-state index in [9.17, 15) is 9.59 Å². The molecule has 1 heterocycles. The van der Waals surface area contributed by atoms with Crippen molar-refractivity contribution in [1.82, 2.24) is 5.32 Å². The fraction of sp³-hybridized carbons (Fsp3) is 0.200. The van der Waals surface area contributed by atoms with Crippen LogP contribution >= 0.6 is 0 Å². The maximum atomic E-state index is 12.1. The van der Waals surface area contributed by atoms with Crippen molar-refractivity contribution in [3.8, 4) is 11.3 Å². The van der Waals surface area contributed by atoms with E-state index < -0.39 is 5.91 Å². The molecule has 2 rings (SSSR count). The number of rotatable bonds is 3. The van der Waals surface area contributed by atoms with Gasteiger partial charge in [-0.05, 0) is 0 Å². The molecule has 0 bridgehead atoms. The van der Waals surface area contributed by atoms with Crippen LogP contribution in [0.25, 0.3) is 11.3 Å². The minimum atomic E-state index is -0.412. The van der Waals surface area contributed by atoms with Crippen molar-refractivity contribution in [2.45, 2.75) is 13.3 Å². The number of benzene rings is 1. The van der Waals surface area contributed by atoms with Gasteiger partial charge in [-0.25, -0.2) is 0 Å². The first-order valence-electron chi connectivity index (χ1n) is 6.12. The van der Waals surface area contributed by atoms with E-state index in [-0.39, 0.29) is 11.0 Å². The minimum absolute atomic E-state index is 0.0877. The molecule has 0 aliphatic carbocycles. The molecule has 2 aromatic rings. The number of hydrogen-bond acceptors (Lipinski definition) is 3. The van der Waals surface area contributed by atoms with E-state index >= 15 is 0 Å². The van der Waals surface area contributed by atoms with E-state index in [1.54, 1.807) is 0 Å². The van der Waals surface area contributed by atoms with Crippen LogP contribution in [0.4, 0.5) is 0 Å². The monoisotopic (exact) mass is 257 g/mol. The molecule has 19 heavy (non-hydrogen) atoms. The van der Waals surface area contributed by atoms with Crippen molar-refractivity contribution in [1.29, 1.82) is 0 Å². The molecule has 0 atom stereocenters. The Labute approximate surface area is 111 Å². The lowest BCUT2D eigenvalue weighted by molar-refractivity contribution is 0.0958. The Bertz CT molecular complexity index is 644. The van der Waals surface area contributed by atoms with Crippen molar-refractivity contribution < 1.29 is 9.21 Å². The first-order valence-corrected chi connectivity index (χ1v) is 6.12. The molecule has 98 valence electrons. The maximum absolute atomic E-state index is 12.1. The summed E-state index contributed by atoms with van der Waals surface area (Å²) in [5, 5.41) is 2.46. The van der Waals surface area contributed by atoms with E-state index in [1.807, 2.05) is 37.3 Å². The normalized spacial score (nSPS) is 10.2. The van der Waals surface area contributed by atoms with Crippen molar-refractivity contribution in [2.75, 3.05) is 7.05 Å². The van der Waals surface area contributed by atoms with Gasteiger partial charge in [-0.1, -0.05) is 37.3 Å². The molecular formula is C15H15NO3. The van der Waals surface area contributed by atoms with Crippen LogP contribution in [-0.4, -0.2) is 13.0 Å². The zero-order valence-corrected chi connectivity index (χ0v) is 10.9. The van der Waals surface area contributed by atoms with Crippen LogP contribution in [0.5, 0.6) is 0 Å². The molecule has 1 aromatic carbocycles. The molecule has 1 aromatic heterocycles. The van der Waals surface area contributed by atoms with Crippen molar-refractivity contribution in [3.63, 3.8) is 0 Å².